The number of alkyl halides is 3. The molecule has 0 atom stereocenters. The predicted molar refractivity (Wildman–Crippen MR) is 58.1 cm³/mol. The topological polar surface area (TPSA) is 17.1 Å². The first-order chi connectivity index (χ1) is 7.37. The molecule has 0 amide bonds. The van der Waals surface area contributed by atoms with E-state index in [4.69, 9.17) is 0 Å². The zero-order valence-electron chi connectivity index (χ0n) is 8.41. The highest BCUT2D eigenvalue weighted by Gasteiger charge is 2.28. The summed E-state index contributed by atoms with van der Waals surface area (Å²) in [6.07, 6.45) is 2.93. The molecule has 5 heteroatoms. The van der Waals surface area contributed by atoms with Crippen molar-refractivity contribution in [3.8, 4) is 0 Å². The third-order valence-electron chi connectivity index (χ3n) is 1.62. The van der Waals surface area contributed by atoms with E-state index in [1.807, 2.05) is 0 Å². The molecule has 1 nitrogen and oxygen atoms in total. The molecule has 16 heavy (non-hydrogen) atoms. The molecule has 0 aliphatic carbocycles. The molecular formula is C11H9F3OS. The van der Waals surface area contributed by atoms with Crippen molar-refractivity contribution in [1.29, 1.82) is 0 Å². The van der Waals surface area contributed by atoms with Crippen LogP contribution in [0.5, 0.6) is 0 Å². The molecule has 0 N–H and O–H groups in total. The fourth-order valence-electron chi connectivity index (χ4n) is 0.994. The van der Waals surface area contributed by atoms with Crippen molar-refractivity contribution in [1.82, 2.24) is 0 Å². The van der Waals surface area contributed by atoms with Gasteiger partial charge in [0.2, 0.25) is 0 Å². The number of hydrogen-bond donors (Lipinski definition) is 0. The number of benzene rings is 1. The van der Waals surface area contributed by atoms with Crippen LogP contribution in [0.3, 0.4) is 0 Å². The summed E-state index contributed by atoms with van der Waals surface area (Å²) in [5.74, 6) is -0.103. The largest absolute Gasteiger partial charge is 0.446 e. The third kappa shape index (κ3) is 5.02. The zero-order valence-corrected chi connectivity index (χ0v) is 9.23. The second-order valence-corrected chi connectivity index (χ2v) is 4.20. The molecule has 0 fully saturated rings. The molecular weight excluding hydrogens is 237 g/mol. The molecule has 1 rings (SSSR count). The highest BCUT2D eigenvalue weighted by Crippen LogP contribution is 2.36. The molecule has 1 aromatic carbocycles. The molecule has 0 spiro atoms. The monoisotopic (exact) mass is 246 g/mol. The van der Waals surface area contributed by atoms with Gasteiger partial charge in [-0.25, -0.2) is 0 Å². The highest BCUT2D eigenvalue weighted by atomic mass is 32.2. The Labute approximate surface area is 95.3 Å². The van der Waals surface area contributed by atoms with E-state index >= 15 is 0 Å². The van der Waals surface area contributed by atoms with Gasteiger partial charge in [-0.15, -0.1) is 0 Å². The van der Waals surface area contributed by atoms with E-state index in [0.29, 0.717) is 5.56 Å². The van der Waals surface area contributed by atoms with Crippen molar-refractivity contribution in [2.45, 2.75) is 17.3 Å². The van der Waals surface area contributed by atoms with E-state index in [1.165, 1.54) is 37.3 Å². The maximum Gasteiger partial charge on any atom is 0.446 e. The summed E-state index contributed by atoms with van der Waals surface area (Å²) in [7, 11) is 0. The highest BCUT2D eigenvalue weighted by molar-refractivity contribution is 8.00. The van der Waals surface area contributed by atoms with E-state index in [2.05, 4.69) is 0 Å². The summed E-state index contributed by atoms with van der Waals surface area (Å²) < 4.78 is 36.0. The molecule has 0 aromatic heterocycles. The van der Waals surface area contributed by atoms with Crippen LogP contribution in [0.25, 0.3) is 6.08 Å². The average Bonchev–Trinajstić information content (AvgIpc) is 2.14. The van der Waals surface area contributed by atoms with E-state index < -0.39 is 5.51 Å². The van der Waals surface area contributed by atoms with Gasteiger partial charge in [0.05, 0.1) is 0 Å². The summed E-state index contributed by atoms with van der Waals surface area (Å²) in [5.41, 5.74) is -3.57. The number of hydrogen-bond acceptors (Lipinski definition) is 2. The van der Waals surface area contributed by atoms with Crippen molar-refractivity contribution in [3.63, 3.8) is 0 Å². The van der Waals surface area contributed by atoms with Gasteiger partial charge < -0.3 is 0 Å². The van der Waals surface area contributed by atoms with Crippen LogP contribution in [-0.2, 0) is 4.79 Å². The van der Waals surface area contributed by atoms with Gasteiger partial charge in [0.25, 0.3) is 0 Å². The van der Waals surface area contributed by atoms with Gasteiger partial charge in [-0.1, -0.05) is 18.2 Å². The molecule has 1 aromatic rings. The first kappa shape index (κ1) is 12.8. The fraction of sp³-hybridized carbons (Fsp3) is 0.182. The SMILES string of the molecule is CC(=O)/C=C/c1ccc(SC(F)(F)F)cc1. The van der Waals surface area contributed by atoms with Gasteiger partial charge in [0, 0.05) is 4.90 Å². The molecule has 0 saturated carbocycles. The summed E-state index contributed by atoms with van der Waals surface area (Å²) in [6, 6.07) is 5.82. The molecule has 86 valence electrons. The lowest BCUT2D eigenvalue weighted by atomic mass is 10.2. The maximum absolute atomic E-state index is 12.0. The van der Waals surface area contributed by atoms with Crippen LogP contribution in [0.1, 0.15) is 12.5 Å². The number of ketones is 1. The lowest BCUT2D eigenvalue weighted by Gasteiger charge is -2.05. The average molecular weight is 246 g/mol. The smallest absolute Gasteiger partial charge is 0.295 e. The molecule has 0 unspecified atom stereocenters. The van der Waals surface area contributed by atoms with Gasteiger partial charge in [0.1, 0.15) is 0 Å². The Morgan fingerprint density at radius 3 is 2.25 bits per heavy atom. The van der Waals surface area contributed by atoms with Crippen LogP contribution in [0.4, 0.5) is 13.2 Å². The van der Waals surface area contributed by atoms with Gasteiger partial charge in [-0.2, -0.15) is 13.2 Å². The normalized spacial score (nSPS) is 12.0. The Balaban J connectivity index is 2.72. The van der Waals surface area contributed by atoms with Crippen LogP contribution < -0.4 is 0 Å². The van der Waals surface area contributed by atoms with Gasteiger partial charge in [-0.05, 0) is 42.5 Å². The quantitative estimate of drug-likeness (QED) is 0.594. The van der Waals surface area contributed by atoms with Crippen LogP contribution >= 0.6 is 11.8 Å². The van der Waals surface area contributed by atoms with Crippen LogP contribution in [0, 0.1) is 0 Å². The summed E-state index contributed by atoms with van der Waals surface area (Å²) >= 11 is -0.157. The van der Waals surface area contributed by atoms with E-state index in [0.717, 1.165) is 0 Å². The van der Waals surface area contributed by atoms with Gasteiger partial charge in [0.15, 0.2) is 5.78 Å². The Bertz CT molecular complexity index is 393. The van der Waals surface area contributed by atoms with Crippen molar-refractivity contribution in [2.75, 3.05) is 0 Å². The molecule has 0 aliphatic heterocycles. The number of halogens is 3. The van der Waals surface area contributed by atoms with Crippen molar-refractivity contribution < 1.29 is 18.0 Å². The van der Waals surface area contributed by atoms with Crippen LogP contribution in [-0.4, -0.2) is 11.3 Å². The number of carbonyl (C=O) groups excluding carboxylic acids is 1. The van der Waals surface area contributed by atoms with Crippen molar-refractivity contribution in [3.05, 3.63) is 35.9 Å². The Kier molecular flexibility index (Phi) is 4.18. The minimum Gasteiger partial charge on any atom is -0.295 e. The summed E-state index contributed by atoms with van der Waals surface area (Å²) in [6.45, 7) is 1.41. The second-order valence-electron chi connectivity index (χ2n) is 3.06. The van der Waals surface area contributed by atoms with Crippen molar-refractivity contribution in [2.24, 2.45) is 0 Å². The van der Waals surface area contributed by atoms with E-state index in [-0.39, 0.29) is 22.4 Å². The number of allylic oxidation sites excluding steroid dienone is 1. The Morgan fingerprint density at radius 1 is 1.25 bits per heavy atom. The van der Waals surface area contributed by atoms with E-state index in [9.17, 15) is 18.0 Å². The first-order valence-corrected chi connectivity index (χ1v) is 5.23. The molecule has 0 saturated heterocycles. The van der Waals surface area contributed by atoms with Gasteiger partial charge in [-0.3, -0.25) is 4.79 Å². The standard InChI is InChI=1S/C11H9F3OS/c1-8(15)2-3-9-4-6-10(7-5-9)16-11(12,13)14/h2-7H,1H3/b3-2+. The zero-order chi connectivity index (χ0) is 12.2. The summed E-state index contributed by atoms with van der Waals surface area (Å²) in [4.78, 5) is 10.8. The molecule has 0 bridgehead atoms. The minimum atomic E-state index is -4.27. The minimum absolute atomic E-state index is 0.103. The van der Waals surface area contributed by atoms with Crippen LogP contribution in [0.15, 0.2) is 35.2 Å². The first-order valence-electron chi connectivity index (χ1n) is 4.41. The lowest BCUT2D eigenvalue weighted by molar-refractivity contribution is -0.112. The lowest BCUT2D eigenvalue weighted by Crippen LogP contribution is -1.98. The summed E-state index contributed by atoms with van der Waals surface area (Å²) in [5, 5.41) is 0. The van der Waals surface area contributed by atoms with Crippen molar-refractivity contribution >= 4 is 23.6 Å². The second kappa shape index (κ2) is 5.21. The molecule has 0 heterocycles. The predicted octanol–water partition coefficient (Wildman–Crippen LogP) is 3.90. The van der Waals surface area contributed by atoms with E-state index in [1.54, 1.807) is 6.08 Å². The number of rotatable bonds is 3. The fourth-order valence-corrected chi connectivity index (χ4v) is 1.53. The Morgan fingerprint density at radius 2 is 1.81 bits per heavy atom. The molecule has 0 radical (unpaired) electrons. The number of thioether (sulfide) groups is 1. The Hall–Kier alpha value is -1.23. The van der Waals surface area contributed by atoms with Gasteiger partial charge >= 0.3 is 5.51 Å². The van der Waals surface area contributed by atoms with Crippen LogP contribution in [0.2, 0.25) is 0 Å². The maximum atomic E-state index is 12.0. The third-order valence-corrected chi connectivity index (χ3v) is 2.36. The number of carbonyl (C=O) groups is 1. The molecule has 0 aliphatic rings.